The highest BCUT2D eigenvalue weighted by Gasteiger charge is 2.32. The molecule has 8 aromatic carbocycles. The van der Waals surface area contributed by atoms with Crippen LogP contribution in [0.5, 0.6) is 0 Å². The molecule has 0 bridgehead atoms. The van der Waals surface area contributed by atoms with E-state index in [-0.39, 0.29) is 11.8 Å². The number of benzene rings is 8. The van der Waals surface area contributed by atoms with Gasteiger partial charge in [-0.05, 0) is 127 Å². The summed E-state index contributed by atoms with van der Waals surface area (Å²) in [5.74, 6) is 0.320. The molecule has 12 rings (SSSR count). The molecular formula is C63H44N6O2S4. The Morgan fingerprint density at radius 2 is 0.947 bits per heavy atom. The monoisotopic (exact) mass is 1040 g/mol. The molecule has 0 radical (unpaired) electrons. The van der Waals surface area contributed by atoms with Gasteiger partial charge in [0.25, 0.3) is 11.8 Å². The molecule has 1 aliphatic heterocycles. The zero-order valence-electron chi connectivity index (χ0n) is 40.5. The van der Waals surface area contributed by atoms with Gasteiger partial charge in [-0.25, -0.2) is 15.0 Å². The van der Waals surface area contributed by atoms with Crippen molar-refractivity contribution in [2.75, 3.05) is 5.32 Å². The van der Waals surface area contributed by atoms with E-state index in [4.69, 9.17) is 15.0 Å². The zero-order chi connectivity index (χ0) is 50.8. The first-order valence-electron chi connectivity index (χ1n) is 24.2. The van der Waals surface area contributed by atoms with Gasteiger partial charge >= 0.3 is 0 Å². The number of amidine groups is 1. The van der Waals surface area contributed by atoms with Crippen molar-refractivity contribution in [3.8, 4) is 21.7 Å². The Morgan fingerprint density at radius 1 is 0.480 bits per heavy atom. The van der Waals surface area contributed by atoms with Crippen molar-refractivity contribution in [2.24, 2.45) is 4.99 Å². The fraction of sp³-hybridized carbons (Fsp3) is 0.0317. The Balaban J connectivity index is 1.10. The molecular weight excluding hydrogens is 1000 g/mol. The van der Waals surface area contributed by atoms with Crippen LogP contribution in [0.3, 0.4) is 0 Å². The molecule has 12 heteroatoms. The van der Waals surface area contributed by atoms with Gasteiger partial charge in [0.2, 0.25) is 0 Å². The first-order chi connectivity index (χ1) is 36.8. The third-order valence-electron chi connectivity index (χ3n) is 12.8. The largest absolute Gasteiger partial charge is 0.341 e. The summed E-state index contributed by atoms with van der Waals surface area (Å²) in [6.45, 7) is 3.87. The number of anilines is 1. The van der Waals surface area contributed by atoms with Crippen LogP contribution in [0.15, 0.2) is 237 Å². The van der Waals surface area contributed by atoms with Gasteiger partial charge in [-0.15, -0.1) is 22.7 Å². The normalized spacial score (nSPS) is 12.9. The lowest BCUT2D eigenvalue weighted by Gasteiger charge is -2.12. The highest BCUT2D eigenvalue weighted by Crippen LogP contribution is 2.48. The molecule has 0 saturated carbocycles. The fourth-order valence-electron chi connectivity index (χ4n) is 9.14. The fourth-order valence-corrected chi connectivity index (χ4v) is 12.9. The highest BCUT2D eigenvalue weighted by molar-refractivity contribution is 7.99. The van der Waals surface area contributed by atoms with Crippen LogP contribution in [0.2, 0.25) is 0 Å². The summed E-state index contributed by atoms with van der Waals surface area (Å²) in [7, 11) is 0. The number of para-hydroxylation sites is 2. The third-order valence-corrected chi connectivity index (χ3v) is 16.9. The van der Waals surface area contributed by atoms with Crippen molar-refractivity contribution in [1.29, 1.82) is 0 Å². The van der Waals surface area contributed by atoms with Gasteiger partial charge in [0.05, 0.1) is 43.0 Å². The lowest BCUT2D eigenvalue weighted by atomic mass is 9.96. The molecule has 3 aromatic heterocycles. The van der Waals surface area contributed by atoms with Crippen LogP contribution in [-0.2, 0) is 0 Å². The summed E-state index contributed by atoms with van der Waals surface area (Å²) in [5, 5.41) is 8.01. The van der Waals surface area contributed by atoms with E-state index in [0.717, 1.165) is 84.0 Å². The molecule has 0 spiro atoms. The number of aromatic amines is 1. The number of fused-ring (bicyclic) bond motifs is 2. The van der Waals surface area contributed by atoms with E-state index in [1.54, 1.807) is 46.2 Å². The Kier molecular flexibility index (Phi) is 13.2. The zero-order valence-corrected chi connectivity index (χ0v) is 43.8. The van der Waals surface area contributed by atoms with E-state index in [0.29, 0.717) is 44.8 Å². The number of aryl methyl sites for hydroxylation is 2. The summed E-state index contributed by atoms with van der Waals surface area (Å²) in [6.07, 6.45) is 2.03. The number of nitrogens with one attached hydrogen (secondary N) is 3. The molecule has 0 aliphatic carbocycles. The maximum Gasteiger partial charge on any atom is 0.257 e. The van der Waals surface area contributed by atoms with E-state index in [9.17, 15) is 9.59 Å². The number of aromatic nitrogens is 3. The standard InChI is InChI=1S/C63H44N6O2S4/c1-38-17-9-11-23-46(38)60(70)68-58-56(62-66-48-25-13-15-27-52(48)74-62)54(40-29-33-44(34-30-40)72-42-19-5-3-6-20-42)50(64-58)37-51-55(41-31-35-45(36-32-41)73-43-21-7-4-8-22-43)57(63-67-49-26-14-16-28-53(49)75-63)59(65-51)69-61(71)47-24-12-10-18-39(47)2/h3-37,64H,1-2H3,(H,68,70)(H,65,69,71). The van der Waals surface area contributed by atoms with Gasteiger partial charge in [0.15, 0.2) is 0 Å². The topological polar surface area (TPSA) is 112 Å². The first kappa shape index (κ1) is 47.6. The lowest BCUT2D eigenvalue weighted by Crippen LogP contribution is -2.31. The molecule has 2 amide bonds. The number of hydrogen-bond acceptors (Lipinski definition) is 9. The van der Waals surface area contributed by atoms with Crippen molar-refractivity contribution in [2.45, 2.75) is 33.4 Å². The van der Waals surface area contributed by atoms with Gasteiger partial charge in [-0.3, -0.25) is 9.59 Å². The molecule has 0 saturated heterocycles. The molecule has 11 aromatic rings. The number of aliphatic imine (C=N–C) groups is 1. The summed E-state index contributed by atoms with van der Waals surface area (Å²) < 4.78 is 2.02. The number of carbonyl (C=O) groups excluding carboxylic acids is 2. The first-order valence-corrected chi connectivity index (χ1v) is 27.5. The molecule has 4 heterocycles. The van der Waals surface area contributed by atoms with Gasteiger partial charge in [-0.2, -0.15) is 0 Å². The molecule has 0 unspecified atom stereocenters. The number of hydrogen-bond donors (Lipinski definition) is 3. The number of nitrogens with zero attached hydrogens (tertiary/aromatic N) is 3. The van der Waals surface area contributed by atoms with E-state index in [1.807, 2.05) is 141 Å². The average molecular weight is 1050 g/mol. The van der Waals surface area contributed by atoms with Gasteiger partial charge in [0.1, 0.15) is 21.7 Å². The number of H-pyrrole nitrogens is 1. The third kappa shape index (κ3) is 9.92. The second-order valence-electron chi connectivity index (χ2n) is 17.8. The van der Waals surface area contributed by atoms with Crippen LogP contribution in [0, 0.1) is 13.8 Å². The van der Waals surface area contributed by atoms with Crippen LogP contribution in [0.4, 0.5) is 5.82 Å². The van der Waals surface area contributed by atoms with Crippen LogP contribution < -0.4 is 10.6 Å². The summed E-state index contributed by atoms with van der Waals surface area (Å²) in [5.41, 5.74) is 10.6. The molecule has 0 fully saturated rings. The molecule has 0 atom stereocenters. The SMILES string of the molecule is Cc1ccccc1C(=O)NC1=NC(=Cc2[nH]c(NC(=O)c3ccccc3C)c(-c3nc4ccccc4s3)c2-c2ccc(Sc3ccccc3)cc2)C(c2ccc(Sc3ccccc3)cc2)=C1c1nc2ccccc2s1. The van der Waals surface area contributed by atoms with Crippen molar-refractivity contribution >= 4 is 107 Å². The summed E-state index contributed by atoms with van der Waals surface area (Å²) in [4.78, 5) is 53.0. The quantitative estimate of drug-likeness (QED) is 0.112. The molecule has 1 aliphatic rings. The summed E-state index contributed by atoms with van der Waals surface area (Å²) >= 11 is 6.49. The van der Waals surface area contributed by atoms with Crippen LogP contribution in [-0.4, -0.2) is 32.6 Å². The lowest BCUT2D eigenvalue weighted by molar-refractivity contribution is 0.0975. The summed E-state index contributed by atoms with van der Waals surface area (Å²) in [6, 6.07) is 68.9. The minimum Gasteiger partial charge on any atom is -0.341 e. The Hall–Kier alpha value is -8.39. The number of rotatable bonds is 12. The molecule has 362 valence electrons. The maximum atomic E-state index is 14.5. The van der Waals surface area contributed by atoms with Crippen LogP contribution >= 0.6 is 46.2 Å². The molecule has 8 nitrogen and oxygen atoms in total. The van der Waals surface area contributed by atoms with Crippen molar-refractivity contribution in [3.63, 3.8) is 0 Å². The Bertz CT molecular complexity index is 4000. The van der Waals surface area contributed by atoms with Crippen molar-refractivity contribution in [1.82, 2.24) is 20.3 Å². The number of allylic oxidation sites excluding steroid dienone is 1. The Labute approximate surface area is 450 Å². The van der Waals surface area contributed by atoms with E-state index < -0.39 is 0 Å². The van der Waals surface area contributed by atoms with Gasteiger partial charge < -0.3 is 15.6 Å². The second-order valence-corrected chi connectivity index (χ2v) is 22.1. The maximum absolute atomic E-state index is 14.5. The second kappa shape index (κ2) is 20.9. The van der Waals surface area contributed by atoms with E-state index >= 15 is 0 Å². The number of thiazole rings is 2. The smallest absolute Gasteiger partial charge is 0.257 e. The van der Waals surface area contributed by atoms with Crippen LogP contribution in [0.25, 0.3) is 59.4 Å². The predicted octanol–water partition coefficient (Wildman–Crippen LogP) is 16.5. The average Bonchev–Trinajstić information content (AvgIpc) is 4.24. The predicted molar refractivity (Wildman–Crippen MR) is 312 cm³/mol. The minimum absolute atomic E-state index is 0.260. The van der Waals surface area contributed by atoms with Crippen molar-refractivity contribution < 1.29 is 9.59 Å². The molecule has 75 heavy (non-hydrogen) atoms. The van der Waals surface area contributed by atoms with Gasteiger partial charge in [-0.1, -0.05) is 145 Å². The number of carbonyl (C=O) groups is 2. The van der Waals surface area contributed by atoms with E-state index in [2.05, 4.69) is 101 Å². The minimum atomic E-state index is -0.283. The van der Waals surface area contributed by atoms with E-state index in [1.165, 1.54) is 0 Å². The van der Waals surface area contributed by atoms with Gasteiger partial charge in [0, 0.05) is 41.8 Å². The van der Waals surface area contributed by atoms with Crippen molar-refractivity contribution in [3.05, 3.63) is 250 Å². The number of amides is 2. The Morgan fingerprint density at radius 3 is 1.51 bits per heavy atom. The molecule has 3 N–H and O–H groups in total. The van der Waals surface area contributed by atoms with Crippen LogP contribution in [0.1, 0.15) is 48.1 Å². The highest BCUT2D eigenvalue weighted by atomic mass is 32.2.